The number of nitrogens with two attached hydrogens (primary N) is 1. The molecule has 0 saturated carbocycles. The lowest BCUT2D eigenvalue weighted by atomic mass is 11.5. The van der Waals surface area contributed by atoms with Gasteiger partial charge in [0.2, 0.25) is 0 Å². The Morgan fingerprint density at radius 1 is 2.00 bits per heavy atom. The fourth-order valence-electron chi connectivity index (χ4n) is 0.0713. The normalized spacial score (nSPS) is 14.3. The van der Waals surface area contributed by atoms with Gasteiger partial charge in [0, 0.05) is 0 Å². The van der Waals surface area contributed by atoms with Crippen molar-refractivity contribution in [1.29, 1.82) is 0 Å². The maximum Gasteiger partial charge on any atom is 0.168 e. The lowest BCUT2D eigenvalue weighted by Crippen LogP contribution is -2.25. The minimum atomic E-state index is -1.80. The fraction of sp³-hybridized carbons (Fsp3) is 1.00. The molecule has 0 radical (unpaired) electrons. The van der Waals surface area contributed by atoms with Gasteiger partial charge in [-0.05, 0) is 0 Å². The third-order valence-electron chi connectivity index (χ3n) is 0.207. The molecule has 0 heterocycles. The first-order valence-electron chi connectivity index (χ1n) is 1.28. The van der Waals surface area contributed by atoms with Crippen LogP contribution in [0.1, 0.15) is 0 Å². The number of hydrogen-bond donors (Lipinski definition) is 3. The van der Waals surface area contributed by atoms with E-state index in [0.29, 0.717) is 0 Å². The molecule has 0 amide bonds. The molecule has 38 valence electrons. The van der Waals surface area contributed by atoms with Crippen molar-refractivity contribution in [2.24, 2.45) is 5.84 Å². The van der Waals surface area contributed by atoms with Gasteiger partial charge in [-0.1, -0.05) is 0 Å². The number of nitrogens with one attached hydrogen (secondary N) is 1. The molecule has 0 aromatic rings. The summed E-state index contributed by atoms with van der Waals surface area (Å²) in [5.74, 6) is 4.56. The maximum absolute atomic E-state index is 9.57. The Balaban J connectivity index is 2.83. The molecule has 4 N–H and O–H groups in total. The summed E-state index contributed by atoms with van der Waals surface area (Å²) in [6, 6.07) is 0. The van der Waals surface area contributed by atoms with Crippen LogP contribution in [0.5, 0.6) is 0 Å². The highest BCUT2D eigenvalue weighted by Gasteiger charge is 1.82. The first-order valence-corrected chi connectivity index (χ1v) is 2.56. The van der Waals surface area contributed by atoms with E-state index in [9.17, 15) is 4.21 Å². The van der Waals surface area contributed by atoms with Crippen LogP contribution in [0.4, 0.5) is 0 Å². The van der Waals surface area contributed by atoms with E-state index >= 15 is 0 Å². The molecule has 1 unspecified atom stereocenters. The molecule has 0 aliphatic carbocycles. The molecular weight excluding hydrogens is 104 g/mol. The van der Waals surface area contributed by atoms with Gasteiger partial charge in [0.1, 0.15) is 5.88 Å². The highest BCUT2D eigenvalue weighted by atomic mass is 32.2. The molecule has 5 heteroatoms. The van der Waals surface area contributed by atoms with Gasteiger partial charge < -0.3 is 4.55 Å². The molecular formula is CH6N2O2S. The molecule has 0 rings (SSSR count). The summed E-state index contributed by atoms with van der Waals surface area (Å²) in [7, 11) is 0. The van der Waals surface area contributed by atoms with Crippen molar-refractivity contribution in [1.82, 2.24) is 5.43 Å². The van der Waals surface area contributed by atoms with Crippen molar-refractivity contribution < 1.29 is 8.76 Å². The number of rotatable bonds is 2. The van der Waals surface area contributed by atoms with Crippen LogP contribution in [0.15, 0.2) is 0 Å². The average Bonchev–Trinajstić information content (AvgIpc) is 1.35. The van der Waals surface area contributed by atoms with Gasteiger partial charge in [-0.3, -0.25) is 5.84 Å². The van der Waals surface area contributed by atoms with E-state index in [1.807, 2.05) is 5.43 Å². The second-order valence-corrected chi connectivity index (χ2v) is 1.60. The monoisotopic (exact) mass is 110 g/mol. The van der Waals surface area contributed by atoms with Crippen molar-refractivity contribution >= 4 is 11.1 Å². The molecule has 0 fully saturated rings. The molecule has 0 aromatic heterocycles. The Labute approximate surface area is 38.0 Å². The fourth-order valence-corrected chi connectivity index (χ4v) is 0.214. The van der Waals surface area contributed by atoms with Crippen LogP contribution in [-0.4, -0.2) is 14.6 Å². The molecule has 0 saturated heterocycles. The highest BCUT2D eigenvalue weighted by Crippen LogP contribution is 1.59. The van der Waals surface area contributed by atoms with Crippen molar-refractivity contribution in [2.75, 3.05) is 5.88 Å². The van der Waals surface area contributed by atoms with Crippen LogP contribution in [0.2, 0.25) is 0 Å². The van der Waals surface area contributed by atoms with Crippen molar-refractivity contribution in [3.8, 4) is 0 Å². The largest absolute Gasteiger partial charge is 0.305 e. The topological polar surface area (TPSA) is 75.3 Å². The van der Waals surface area contributed by atoms with Gasteiger partial charge in [-0.25, -0.2) is 9.63 Å². The first-order chi connectivity index (χ1) is 2.77. The van der Waals surface area contributed by atoms with E-state index in [1.54, 1.807) is 0 Å². The van der Waals surface area contributed by atoms with Crippen molar-refractivity contribution in [3.05, 3.63) is 0 Å². The van der Waals surface area contributed by atoms with Crippen LogP contribution in [0.25, 0.3) is 0 Å². The predicted molar refractivity (Wildman–Crippen MR) is 23.0 cm³/mol. The highest BCUT2D eigenvalue weighted by molar-refractivity contribution is 7.79. The first kappa shape index (κ1) is 6.03. The summed E-state index contributed by atoms with van der Waals surface area (Å²) in [5.41, 5.74) is 2.02. The summed E-state index contributed by atoms with van der Waals surface area (Å²) in [6.45, 7) is 0. The van der Waals surface area contributed by atoms with Crippen LogP contribution < -0.4 is 11.3 Å². The summed E-state index contributed by atoms with van der Waals surface area (Å²) in [4.78, 5) is 0. The maximum atomic E-state index is 9.57. The Morgan fingerprint density at radius 2 is 2.50 bits per heavy atom. The smallest absolute Gasteiger partial charge is 0.168 e. The summed E-state index contributed by atoms with van der Waals surface area (Å²) in [6.07, 6.45) is 0. The van der Waals surface area contributed by atoms with Crippen LogP contribution in [0.3, 0.4) is 0 Å². The summed E-state index contributed by atoms with van der Waals surface area (Å²) in [5, 5.41) is 0. The Kier molecular flexibility index (Phi) is 3.24. The van der Waals surface area contributed by atoms with Crippen molar-refractivity contribution in [3.63, 3.8) is 0 Å². The van der Waals surface area contributed by atoms with Crippen LogP contribution in [0, 0.1) is 0 Å². The van der Waals surface area contributed by atoms with Crippen molar-refractivity contribution in [2.45, 2.75) is 0 Å². The van der Waals surface area contributed by atoms with E-state index in [4.69, 9.17) is 4.55 Å². The van der Waals surface area contributed by atoms with E-state index < -0.39 is 11.1 Å². The molecule has 6 heavy (non-hydrogen) atoms. The van der Waals surface area contributed by atoms with Gasteiger partial charge >= 0.3 is 0 Å². The molecule has 0 aliphatic rings. The number of hydrazine groups is 1. The molecule has 0 spiro atoms. The Bertz CT molecular complexity index is 55.5. The third kappa shape index (κ3) is 4.03. The third-order valence-corrected chi connectivity index (χ3v) is 0.620. The van der Waals surface area contributed by atoms with Gasteiger partial charge in [-0.15, -0.1) is 0 Å². The molecule has 0 bridgehead atoms. The van der Waals surface area contributed by atoms with Gasteiger partial charge in [-0.2, -0.15) is 0 Å². The zero-order chi connectivity index (χ0) is 4.99. The average molecular weight is 110 g/mol. The van der Waals surface area contributed by atoms with Gasteiger partial charge in [0.15, 0.2) is 11.1 Å². The van der Waals surface area contributed by atoms with E-state index in [-0.39, 0.29) is 5.88 Å². The summed E-state index contributed by atoms with van der Waals surface area (Å²) >= 11 is -1.80. The van der Waals surface area contributed by atoms with Gasteiger partial charge in [0.05, 0.1) is 0 Å². The lowest BCUT2D eigenvalue weighted by molar-refractivity contribution is 0.557. The predicted octanol–water partition coefficient (Wildman–Crippen LogP) is -1.37. The quantitative estimate of drug-likeness (QED) is 0.233. The zero-order valence-electron chi connectivity index (χ0n) is 3.05. The minimum Gasteiger partial charge on any atom is -0.305 e. The standard InChI is InChI=1S/CH6N2O2S/c2-3-1-6(4)5/h3H,1-2H2,(H,4,5). The zero-order valence-corrected chi connectivity index (χ0v) is 3.86. The minimum absolute atomic E-state index is 0.0694. The SMILES string of the molecule is NNCS(=O)O. The summed E-state index contributed by atoms with van der Waals surface area (Å²) < 4.78 is 17.4. The van der Waals surface area contributed by atoms with E-state index in [2.05, 4.69) is 5.84 Å². The van der Waals surface area contributed by atoms with E-state index in [0.717, 1.165) is 0 Å². The van der Waals surface area contributed by atoms with Crippen LogP contribution in [-0.2, 0) is 11.1 Å². The molecule has 0 aromatic carbocycles. The second-order valence-electron chi connectivity index (χ2n) is 0.670. The number of hydrogen-bond acceptors (Lipinski definition) is 3. The van der Waals surface area contributed by atoms with Crippen LogP contribution >= 0.6 is 0 Å². The Morgan fingerprint density at radius 3 is 2.50 bits per heavy atom. The molecule has 0 aliphatic heterocycles. The lowest BCUT2D eigenvalue weighted by Gasteiger charge is -1.85. The van der Waals surface area contributed by atoms with E-state index in [1.165, 1.54) is 0 Å². The second kappa shape index (κ2) is 3.23. The Hall–Kier alpha value is 0.0300. The molecule has 4 nitrogen and oxygen atoms in total. The molecule has 1 atom stereocenters. The van der Waals surface area contributed by atoms with Gasteiger partial charge in [0.25, 0.3) is 0 Å².